The van der Waals surface area contributed by atoms with Gasteiger partial charge in [-0.25, -0.2) is 13.5 Å². The van der Waals surface area contributed by atoms with E-state index in [1.54, 1.807) is 10.9 Å². The minimum absolute atomic E-state index is 0.0848. The van der Waals surface area contributed by atoms with Crippen LogP contribution in [-0.2, 0) is 0 Å². The van der Waals surface area contributed by atoms with Crippen molar-refractivity contribution in [2.75, 3.05) is 13.1 Å². The molecule has 1 fully saturated rings. The Balaban J connectivity index is 1.75. The number of carbonyl (C=O) groups is 1. The zero-order valence-electron chi connectivity index (χ0n) is 14.9. The molecular weight excluding hydrogens is 340 g/mol. The molecule has 1 aromatic carbocycles. The highest BCUT2D eigenvalue weighted by Crippen LogP contribution is 2.25. The van der Waals surface area contributed by atoms with E-state index in [-0.39, 0.29) is 23.2 Å². The highest BCUT2D eigenvalue weighted by atomic mass is 19.1. The molecule has 6 nitrogen and oxygen atoms in total. The van der Waals surface area contributed by atoms with Gasteiger partial charge in [0.15, 0.2) is 5.69 Å². The van der Waals surface area contributed by atoms with Gasteiger partial charge in [0.05, 0.1) is 18.3 Å². The molecular formula is C18H23F2N5O. The fourth-order valence-corrected chi connectivity index (χ4v) is 3.20. The van der Waals surface area contributed by atoms with E-state index in [2.05, 4.69) is 20.9 Å². The van der Waals surface area contributed by atoms with Crippen molar-refractivity contribution in [3.05, 3.63) is 47.3 Å². The topological polar surface area (TPSA) is 71.8 Å². The van der Waals surface area contributed by atoms with Crippen LogP contribution in [0.2, 0.25) is 0 Å². The summed E-state index contributed by atoms with van der Waals surface area (Å²) in [4.78, 5) is 12.6. The Hall–Kier alpha value is -2.35. The molecule has 1 amide bonds. The summed E-state index contributed by atoms with van der Waals surface area (Å²) < 4.78 is 29.0. The number of halogens is 2. The summed E-state index contributed by atoms with van der Waals surface area (Å²) in [6.45, 7) is 5.54. The Morgan fingerprint density at radius 2 is 2.04 bits per heavy atom. The monoisotopic (exact) mass is 363 g/mol. The van der Waals surface area contributed by atoms with E-state index in [0.29, 0.717) is 0 Å². The maximum absolute atomic E-state index is 14.1. The first-order valence-electron chi connectivity index (χ1n) is 8.84. The first kappa shape index (κ1) is 18.4. The van der Waals surface area contributed by atoms with Gasteiger partial charge < -0.3 is 10.6 Å². The van der Waals surface area contributed by atoms with Crippen LogP contribution in [0.25, 0.3) is 0 Å². The lowest BCUT2D eigenvalue weighted by molar-refractivity contribution is 0.0919. The fourth-order valence-electron chi connectivity index (χ4n) is 3.20. The quantitative estimate of drug-likeness (QED) is 0.857. The summed E-state index contributed by atoms with van der Waals surface area (Å²) >= 11 is 0. The molecule has 0 spiro atoms. The van der Waals surface area contributed by atoms with Gasteiger partial charge in [0.1, 0.15) is 11.6 Å². The van der Waals surface area contributed by atoms with Crippen molar-refractivity contribution < 1.29 is 13.6 Å². The molecule has 1 aliphatic rings. The van der Waals surface area contributed by atoms with Crippen LogP contribution in [0.3, 0.4) is 0 Å². The molecule has 2 aromatic rings. The van der Waals surface area contributed by atoms with Crippen molar-refractivity contribution in [2.24, 2.45) is 5.92 Å². The first-order chi connectivity index (χ1) is 12.5. The molecule has 0 saturated carbocycles. The average molecular weight is 363 g/mol. The second kappa shape index (κ2) is 7.90. The van der Waals surface area contributed by atoms with Crippen LogP contribution in [0, 0.1) is 17.6 Å². The number of carbonyl (C=O) groups excluding carboxylic acids is 1. The number of hydrogen-bond acceptors (Lipinski definition) is 4. The molecule has 0 bridgehead atoms. The van der Waals surface area contributed by atoms with Crippen LogP contribution in [0.4, 0.5) is 8.78 Å². The van der Waals surface area contributed by atoms with E-state index in [9.17, 15) is 13.6 Å². The van der Waals surface area contributed by atoms with E-state index in [1.165, 1.54) is 12.1 Å². The van der Waals surface area contributed by atoms with E-state index in [4.69, 9.17) is 0 Å². The second-order valence-electron chi connectivity index (χ2n) is 6.93. The molecule has 0 radical (unpaired) electrons. The summed E-state index contributed by atoms with van der Waals surface area (Å²) in [5.41, 5.74) is 0.442. The van der Waals surface area contributed by atoms with Crippen LogP contribution >= 0.6 is 0 Å². The zero-order chi connectivity index (χ0) is 18.7. The lowest BCUT2D eigenvalue weighted by atomic mass is 9.95. The number of hydrogen-bond donors (Lipinski definition) is 2. The molecule has 1 unspecified atom stereocenters. The molecule has 3 rings (SSSR count). The number of nitrogens with one attached hydrogen (secondary N) is 2. The number of aromatic nitrogens is 3. The minimum atomic E-state index is -0.678. The van der Waals surface area contributed by atoms with Crippen molar-refractivity contribution in [1.82, 2.24) is 25.6 Å². The maximum Gasteiger partial charge on any atom is 0.273 e. The molecule has 2 N–H and O–H groups in total. The van der Waals surface area contributed by atoms with Crippen LogP contribution < -0.4 is 10.6 Å². The standard InChI is InChI=1S/C18H23F2N5O/c1-11(2)17(14-4-3-12(19)9-15(14)20)22-18(26)16-10-25(24-23-16)13-5-7-21-8-6-13/h3-4,9-11,13,17,21H,5-8H2,1-2H3,(H,22,26). The van der Waals surface area contributed by atoms with Crippen LogP contribution in [0.1, 0.15) is 54.8 Å². The van der Waals surface area contributed by atoms with Crippen molar-refractivity contribution >= 4 is 5.91 Å². The second-order valence-corrected chi connectivity index (χ2v) is 6.93. The number of amides is 1. The number of rotatable bonds is 5. The van der Waals surface area contributed by atoms with E-state index in [1.807, 2.05) is 13.8 Å². The Morgan fingerprint density at radius 1 is 1.31 bits per heavy atom. The molecule has 26 heavy (non-hydrogen) atoms. The van der Waals surface area contributed by atoms with Gasteiger partial charge in [-0.3, -0.25) is 4.79 Å². The Morgan fingerprint density at radius 3 is 2.69 bits per heavy atom. The first-order valence-corrected chi connectivity index (χ1v) is 8.84. The molecule has 0 aliphatic carbocycles. The van der Waals surface area contributed by atoms with Crippen LogP contribution in [-0.4, -0.2) is 34.0 Å². The molecule has 140 valence electrons. The van der Waals surface area contributed by atoms with Crippen LogP contribution in [0.5, 0.6) is 0 Å². The maximum atomic E-state index is 14.1. The lowest BCUT2D eigenvalue weighted by Gasteiger charge is -2.23. The van der Waals surface area contributed by atoms with E-state index < -0.39 is 23.6 Å². The lowest BCUT2D eigenvalue weighted by Crippen LogP contribution is -2.32. The molecule has 1 atom stereocenters. The van der Waals surface area contributed by atoms with Gasteiger partial charge in [-0.05, 0) is 37.9 Å². The van der Waals surface area contributed by atoms with Crippen LogP contribution in [0.15, 0.2) is 24.4 Å². The summed E-state index contributed by atoms with van der Waals surface area (Å²) in [6, 6.07) is 3.01. The normalized spacial score (nSPS) is 16.7. The highest BCUT2D eigenvalue weighted by Gasteiger charge is 2.25. The number of benzene rings is 1. The van der Waals surface area contributed by atoms with E-state index in [0.717, 1.165) is 32.0 Å². The smallest absolute Gasteiger partial charge is 0.273 e. The summed E-state index contributed by atoms with van der Waals surface area (Å²) in [6.07, 6.45) is 3.49. The Bertz CT molecular complexity index is 771. The Labute approximate surface area is 151 Å². The zero-order valence-corrected chi connectivity index (χ0v) is 14.9. The third-order valence-corrected chi connectivity index (χ3v) is 4.68. The number of piperidine rings is 1. The minimum Gasteiger partial charge on any atom is -0.343 e. The van der Waals surface area contributed by atoms with Crippen molar-refractivity contribution in [2.45, 2.75) is 38.8 Å². The Kier molecular flexibility index (Phi) is 5.61. The fraction of sp³-hybridized carbons (Fsp3) is 0.500. The van der Waals surface area contributed by atoms with Crippen molar-refractivity contribution in [3.63, 3.8) is 0 Å². The SMILES string of the molecule is CC(C)C(NC(=O)c1cn(C2CCNCC2)nn1)c1ccc(F)cc1F. The van der Waals surface area contributed by atoms with Gasteiger partial charge in [0.2, 0.25) is 0 Å². The van der Waals surface area contributed by atoms with Gasteiger partial charge in [-0.1, -0.05) is 25.1 Å². The van der Waals surface area contributed by atoms with Gasteiger partial charge in [0, 0.05) is 11.6 Å². The van der Waals surface area contributed by atoms with Crippen molar-refractivity contribution in [3.8, 4) is 0 Å². The van der Waals surface area contributed by atoms with E-state index >= 15 is 0 Å². The van der Waals surface area contributed by atoms with Gasteiger partial charge in [0.25, 0.3) is 5.91 Å². The summed E-state index contributed by atoms with van der Waals surface area (Å²) in [5.74, 6) is -1.83. The van der Waals surface area contributed by atoms with Gasteiger partial charge in [-0.2, -0.15) is 0 Å². The average Bonchev–Trinajstić information content (AvgIpc) is 3.11. The highest BCUT2D eigenvalue weighted by molar-refractivity contribution is 5.92. The predicted octanol–water partition coefficient (Wildman–Crippen LogP) is 2.61. The molecule has 1 aliphatic heterocycles. The van der Waals surface area contributed by atoms with Gasteiger partial charge in [-0.15, -0.1) is 5.10 Å². The molecule has 1 saturated heterocycles. The third-order valence-electron chi connectivity index (χ3n) is 4.68. The summed E-state index contributed by atoms with van der Waals surface area (Å²) in [7, 11) is 0. The molecule has 2 heterocycles. The number of nitrogens with zero attached hydrogens (tertiary/aromatic N) is 3. The van der Waals surface area contributed by atoms with Crippen molar-refractivity contribution in [1.29, 1.82) is 0 Å². The summed E-state index contributed by atoms with van der Waals surface area (Å²) in [5, 5.41) is 14.1. The van der Waals surface area contributed by atoms with Gasteiger partial charge >= 0.3 is 0 Å². The predicted molar refractivity (Wildman–Crippen MR) is 92.6 cm³/mol. The molecule has 8 heteroatoms. The largest absolute Gasteiger partial charge is 0.343 e. The third kappa shape index (κ3) is 4.07. The molecule has 1 aromatic heterocycles.